The molecule has 3 nitrogen and oxygen atoms in total. The van der Waals surface area contributed by atoms with Crippen molar-refractivity contribution in [2.24, 2.45) is 11.1 Å². The molecule has 0 aliphatic heterocycles. The van der Waals surface area contributed by atoms with Crippen LogP contribution in [0, 0.1) is 11.7 Å². The van der Waals surface area contributed by atoms with Gasteiger partial charge in [-0.05, 0) is 37.0 Å². The second-order valence-electron chi connectivity index (χ2n) is 4.44. The zero-order valence-electron chi connectivity index (χ0n) is 9.51. The number of rotatable bonds is 2. The lowest BCUT2D eigenvalue weighted by molar-refractivity contribution is 0.126. The lowest BCUT2D eigenvalue weighted by Gasteiger charge is -2.27. The molecular weight excluding hydrogens is 221 g/mol. The van der Waals surface area contributed by atoms with Gasteiger partial charge in [-0.3, -0.25) is 0 Å². The minimum Gasteiger partial charge on any atom is -0.411 e. The molecule has 0 unspecified atom stereocenters. The Kier molecular flexibility index (Phi) is 3.74. The van der Waals surface area contributed by atoms with Gasteiger partial charge in [0.15, 0.2) is 0 Å². The third kappa shape index (κ3) is 2.64. The Labute approximate surface area is 99.6 Å². The summed E-state index contributed by atoms with van der Waals surface area (Å²) in [4.78, 5) is 0. The van der Waals surface area contributed by atoms with Gasteiger partial charge in [-0.15, -0.1) is 0 Å². The normalized spacial score (nSPS) is 24.8. The van der Waals surface area contributed by atoms with Crippen molar-refractivity contribution in [3.05, 3.63) is 35.6 Å². The maximum Gasteiger partial charge on any atom is 0.123 e. The molecule has 4 heteroatoms. The van der Waals surface area contributed by atoms with E-state index in [4.69, 9.17) is 5.21 Å². The second kappa shape index (κ2) is 5.27. The highest BCUT2D eigenvalue weighted by Crippen LogP contribution is 2.32. The van der Waals surface area contributed by atoms with Crippen molar-refractivity contribution in [1.82, 2.24) is 0 Å². The van der Waals surface area contributed by atoms with Gasteiger partial charge < -0.3 is 10.3 Å². The maximum atomic E-state index is 12.8. The molecule has 1 aromatic rings. The van der Waals surface area contributed by atoms with Crippen LogP contribution in [0.25, 0.3) is 0 Å². The molecule has 0 spiro atoms. The summed E-state index contributed by atoms with van der Waals surface area (Å²) < 4.78 is 12.8. The number of hydrogen-bond acceptors (Lipinski definition) is 3. The highest BCUT2D eigenvalue weighted by Gasteiger charge is 2.28. The Morgan fingerprint density at radius 3 is 2.59 bits per heavy atom. The van der Waals surface area contributed by atoms with Crippen LogP contribution in [0.4, 0.5) is 4.39 Å². The molecule has 1 aromatic carbocycles. The van der Waals surface area contributed by atoms with Crippen LogP contribution < -0.4 is 0 Å². The van der Waals surface area contributed by atoms with E-state index in [2.05, 4.69) is 5.16 Å². The molecule has 1 fully saturated rings. The molecule has 0 aromatic heterocycles. The van der Waals surface area contributed by atoms with Gasteiger partial charge in [0.1, 0.15) is 5.82 Å². The van der Waals surface area contributed by atoms with Crippen LogP contribution >= 0.6 is 0 Å². The monoisotopic (exact) mass is 237 g/mol. The second-order valence-corrected chi connectivity index (χ2v) is 4.44. The zero-order chi connectivity index (χ0) is 12.3. The van der Waals surface area contributed by atoms with E-state index in [1.165, 1.54) is 12.1 Å². The van der Waals surface area contributed by atoms with Crippen molar-refractivity contribution in [1.29, 1.82) is 0 Å². The summed E-state index contributed by atoms with van der Waals surface area (Å²) in [6.45, 7) is 0. The highest BCUT2D eigenvalue weighted by molar-refractivity contribution is 5.87. The molecule has 0 bridgehead atoms. The minimum absolute atomic E-state index is 0.154. The summed E-state index contributed by atoms with van der Waals surface area (Å²) in [6.07, 6.45) is 2.81. The van der Waals surface area contributed by atoms with Gasteiger partial charge in [-0.2, -0.15) is 0 Å². The SMILES string of the molecule is O/N=C1\CCCC[C@H]1[C@@H](O)c1ccc(F)cc1. The number of aliphatic hydroxyl groups is 1. The number of nitrogens with zero attached hydrogens (tertiary/aromatic N) is 1. The van der Waals surface area contributed by atoms with E-state index in [1.54, 1.807) is 12.1 Å². The number of hydrogen-bond donors (Lipinski definition) is 2. The fourth-order valence-corrected chi connectivity index (χ4v) is 2.38. The van der Waals surface area contributed by atoms with Gasteiger partial charge >= 0.3 is 0 Å². The third-order valence-corrected chi connectivity index (χ3v) is 3.35. The Balaban J connectivity index is 2.18. The molecule has 92 valence electrons. The summed E-state index contributed by atoms with van der Waals surface area (Å²) in [7, 11) is 0. The number of aliphatic hydroxyl groups excluding tert-OH is 1. The fourth-order valence-electron chi connectivity index (χ4n) is 2.38. The molecule has 0 heterocycles. The summed E-state index contributed by atoms with van der Waals surface area (Å²) in [5.41, 5.74) is 1.31. The van der Waals surface area contributed by atoms with E-state index < -0.39 is 6.10 Å². The van der Waals surface area contributed by atoms with Crippen LogP contribution in [-0.2, 0) is 0 Å². The van der Waals surface area contributed by atoms with Gasteiger partial charge in [-0.1, -0.05) is 23.7 Å². The smallest absolute Gasteiger partial charge is 0.123 e. The molecule has 2 atom stereocenters. The Hall–Kier alpha value is -1.42. The van der Waals surface area contributed by atoms with Crippen LogP contribution in [0.1, 0.15) is 37.4 Å². The molecular formula is C13H16FNO2. The van der Waals surface area contributed by atoms with Gasteiger partial charge in [0.25, 0.3) is 0 Å². The van der Waals surface area contributed by atoms with E-state index in [9.17, 15) is 9.50 Å². The van der Waals surface area contributed by atoms with E-state index >= 15 is 0 Å². The third-order valence-electron chi connectivity index (χ3n) is 3.35. The van der Waals surface area contributed by atoms with Crippen molar-refractivity contribution in [2.45, 2.75) is 31.8 Å². The fraction of sp³-hybridized carbons (Fsp3) is 0.462. The van der Waals surface area contributed by atoms with Crippen LogP contribution in [0.3, 0.4) is 0 Å². The average Bonchev–Trinajstić information content (AvgIpc) is 2.39. The summed E-state index contributed by atoms with van der Waals surface area (Å²) >= 11 is 0. The van der Waals surface area contributed by atoms with E-state index in [1.807, 2.05) is 0 Å². The molecule has 1 aliphatic rings. The van der Waals surface area contributed by atoms with Gasteiger partial charge in [0.05, 0.1) is 11.8 Å². The summed E-state index contributed by atoms with van der Waals surface area (Å²) in [5, 5.41) is 22.4. The number of benzene rings is 1. The quantitative estimate of drug-likeness (QED) is 0.613. The first-order valence-corrected chi connectivity index (χ1v) is 5.86. The Morgan fingerprint density at radius 1 is 1.24 bits per heavy atom. The maximum absolute atomic E-state index is 12.8. The molecule has 2 N–H and O–H groups in total. The lowest BCUT2D eigenvalue weighted by Crippen LogP contribution is -2.25. The first-order valence-electron chi connectivity index (χ1n) is 5.86. The van der Waals surface area contributed by atoms with Crippen molar-refractivity contribution >= 4 is 5.71 Å². The largest absolute Gasteiger partial charge is 0.411 e. The van der Waals surface area contributed by atoms with Crippen LogP contribution in [0.15, 0.2) is 29.4 Å². The molecule has 2 rings (SSSR count). The predicted molar refractivity (Wildman–Crippen MR) is 62.5 cm³/mol. The predicted octanol–water partition coefficient (Wildman–Crippen LogP) is 2.88. The molecule has 1 aliphatic carbocycles. The Bertz CT molecular complexity index is 402. The molecule has 1 saturated carbocycles. The standard InChI is InChI=1S/C13H16FNO2/c14-10-7-5-9(6-8-10)13(16)11-3-1-2-4-12(11)15-17/h5-8,11,13,16-17H,1-4H2/b15-12+/t11-,13+/m1/s1. The van der Waals surface area contributed by atoms with E-state index in [0.29, 0.717) is 11.3 Å². The average molecular weight is 237 g/mol. The first kappa shape index (κ1) is 12.0. The summed E-state index contributed by atoms with van der Waals surface area (Å²) in [5.74, 6) is -0.472. The van der Waals surface area contributed by atoms with Crippen LogP contribution in [0.5, 0.6) is 0 Å². The Morgan fingerprint density at radius 2 is 1.94 bits per heavy atom. The van der Waals surface area contributed by atoms with Crippen LogP contribution in [0.2, 0.25) is 0 Å². The summed E-state index contributed by atoms with van der Waals surface area (Å²) in [6, 6.07) is 5.81. The first-order chi connectivity index (χ1) is 8.22. The van der Waals surface area contributed by atoms with Crippen LogP contribution in [-0.4, -0.2) is 16.0 Å². The zero-order valence-corrected chi connectivity index (χ0v) is 9.51. The van der Waals surface area contributed by atoms with Gasteiger partial charge in [0.2, 0.25) is 0 Å². The molecule has 0 amide bonds. The van der Waals surface area contributed by atoms with E-state index in [0.717, 1.165) is 25.7 Å². The van der Waals surface area contributed by atoms with Crippen molar-refractivity contribution in [3.8, 4) is 0 Å². The molecule has 0 saturated heterocycles. The van der Waals surface area contributed by atoms with E-state index in [-0.39, 0.29) is 11.7 Å². The number of oxime groups is 1. The van der Waals surface area contributed by atoms with Crippen molar-refractivity contribution < 1.29 is 14.7 Å². The number of halogens is 1. The molecule has 17 heavy (non-hydrogen) atoms. The van der Waals surface area contributed by atoms with Gasteiger partial charge in [-0.25, -0.2) is 4.39 Å². The van der Waals surface area contributed by atoms with Crippen molar-refractivity contribution in [2.75, 3.05) is 0 Å². The molecule has 0 radical (unpaired) electrons. The van der Waals surface area contributed by atoms with Crippen molar-refractivity contribution in [3.63, 3.8) is 0 Å². The lowest BCUT2D eigenvalue weighted by atomic mass is 9.81. The minimum atomic E-state index is -0.721. The highest BCUT2D eigenvalue weighted by atomic mass is 19.1. The topological polar surface area (TPSA) is 52.8 Å². The van der Waals surface area contributed by atoms with Gasteiger partial charge in [0, 0.05) is 5.92 Å².